The van der Waals surface area contributed by atoms with Crippen LogP contribution in [-0.4, -0.2) is 22.9 Å². The van der Waals surface area contributed by atoms with E-state index in [0.717, 1.165) is 25.4 Å². The van der Waals surface area contributed by atoms with Gasteiger partial charge in [0.15, 0.2) is 0 Å². The summed E-state index contributed by atoms with van der Waals surface area (Å²) in [6.07, 6.45) is 9.28. The van der Waals surface area contributed by atoms with Gasteiger partial charge in [0.25, 0.3) is 0 Å². The fourth-order valence-corrected chi connectivity index (χ4v) is 3.52. The standard InChI is InChI=1S/C18H33N3/c1-14(2)13-19-12-11-18-15(3)20-21(16(18)4)17-9-7-5-6-8-10-17/h14,17,19H,5-13H2,1-4H3. The molecule has 1 fully saturated rings. The zero-order valence-electron chi connectivity index (χ0n) is 14.4. The molecular formula is C18H33N3. The van der Waals surface area contributed by atoms with Crippen LogP contribution in [-0.2, 0) is 6.42 Å². The van der Waals surface area contributed by atoms with Crippen molar-refractivity contribution in [1.29, 1.82) is 0 Å². The maximum atomic E-state index is 4.88. The first kappa shape index (κ1) is 16.5. The van der Waals surface area contributed by atoms with Crippen LogP contribution in [0.25, 0.3) is 0 Å². The molecule has 0 spiro atoms. The van der Waals surface area contributed by atoms with Crippen LogP contribution in [0.4, 0.5) is 0 Å². The van der Waals surface area contributed by atoms with Crippen LogP contribution in [0.5, 0.6) is 0 Å². The van der Waals surface area contributed by atoms with Gasteiger partial charge < -0.3 is 5.32 Å². The van der Waals surface area contributed by atoms with Crippen molar-refractivity contribution >= 4 is 0 Å². The lowest BCUT2D eigenvalue weighted by atomic mass is 10.1. The molecule has 2 rings (SSSR count). The number of nitrogens with one attached hydrogen (secondary N) is 1. The Labute approximate surface area is 130 Å². The molecule has 120 valence electrons. The highest BCUT2D eigenvalue weighted by Crippen LogP contribution is 2.29. The van der Waals surface area contributed by atoms with Crippen LogP contribution in [0.2, 0.25) is 0 Å². The summed E-state index contributed by atoms with van der Waals surface area (Å²) in [5.74, 6) is 0.723. The molecule has 1 N–H and O–H groups in total. The van der Waals surface area contributed by atoms with Gasteiger partial charge in [-0.3, -0.25) is 4.68 Å². The lowest BCUT2D eigenvalue weighted by Gasteiger charge is -2.17. The second kappa shape index (κ2) is 7.98. The highest BCUT2D eigenvalue weighted by atomic mass is 15.3. The Morgan fingerprint density at radius 1 is 1.14 bits per heavy atom. The monoisotopic (exact) mass is 291 g/mol. The normalized spacial score (nSPS) is 17.4. The van der Waals surface area contributed by atoms with Crippen molar-refractivity contribution in [3.05, 3.63) is 17.0 Å². The Morgan fingerprint density at radius 2 is 1.81 bits per heavy atom. The van der Waals surface area contributed by atoms with Gasteiger partial charge in [-0.1, -0.05) is 39.5 Å². The second-order valence-corrected chi connectivity index (χ2v) is 7.09. The molecular weight excluding hydrogens is 258 g/mol. The molecule has 0 unspecified atom stereocenters. The third-order valence-electron chi connectivity index (χ3n) is 4.75. The van der Waals surface area contributed by atoms with E-state index in [4.69, 9.17) is 5.10 Å². The van der Waals surface area contributed by atoms with Crippen molar-refractivity contribution in [1.82, 2.24) is 15.1 Å². The van der Waals surface area contributed by atoms with Gasteiger partial charge in [-0.25, -0.2) is 0 Å². The summed E-state index contributed by atoms with van der Waals surface area (Å²) in [6, 6.07) is 0.642. The van der Waals surface area contributed by atoms with E-state index in [-0.39, 0.29) is 0 Å². The van der Waals surface area contributed by atoms with E-state index in [2.05, 4.69) is 37.7 Å². The number of aromatic nitrogens is 2. The minimum Gasteiger partial charge on any atom is -0.316 e. The first-order chi connectivity index (χ1) is 10.1. The molecule has 1 aliphatic rings. The molecule has 0 saturated heterocycles. The highest BCUT2D eigenvalue weighted by Gasteiger charge is 2.19. The van der Waals surface area contributed by atoms with Crippen LogP contribution >= 0.6 is 0 Å². The average molecular weight is 291 g/mol. The van der Waals surface area contributed by atoms with Gasteiger partial charge in [0.2, 0.25) is 0 Å². The molecule has 1 aromatic heterocycles. The molecule has 1 saturated carbocycles. The maximum absolute atomic E-state index is 4.88. The molecule has 0 radical (unpaired) electrons. The SMILES string of the molecule is Cc1nn(C2CCCCCC2)c(C)c1CCNCC(C)C. The number of hydrogen-bond donors (Lipinski definition) is 1. The van der Waals surface area contributed by atoms with Gasteiger partial charge in [0, 0.05) is 5.69 Å². The Balaban J connectivity index is 1.99. The number of rotatable bonds is 6. The third-order valence-corrected chi connectivity index (χ3v) is 4.75. The molecule has 0 aromatic carbocycles. The minimum absolute atomic E-state index is 0.642. The van der Waals surface area contributed by atoms with Crippen molar-refractivity contribution in [2.75, 3.05) is 13.1 Å². The predicted molar refractivity (Wildman–Crippen MR) is 89.9 cm³/mol. The van der Waals surface area contributed by atoms with Gasteiger partial charge in [-0.15, -0.1) is 0 Å². The fourth-order valence-electron chi connectivity index (χ4n) is 3.52. The van der Waals surface area contributed by atoms with Gasteiger partial charge in [0.1, 0.15) is 0 Å². The number of nitrogens with zero attached hydrogens (tertiary/aromatic N) is 2. The summed E-state index contributed by atoms with van der Waals surface area (Å²) >= 11 is 0. The fraction of sp³-hybridized carbons (Fsp3) is 0.833. The average Bonchev–Trinajstić information content (AvgIpc) is 2.64. The van der Waals surface area contributed by atoms with E-state index in [1.165, 1.54) is 55.5 Å². The molecule has 0 atom stereocenters. The Morgan fingerprint density at radius 3 is 2.43 bits per heavy atom. The first-order valence-electron chi connectivity index (χ1n) is 8.85. The van der Waals surface area contributed by atoms with Gasteiger partial charge in [-0.2, -0.15) is 5.10 Å². The van der Waals surface area contributed by atoms with E-state index in [9.17, 15) is 0 Å². The summed E-state index contributed by atoms with van der Waals surface area (Å²) in [5.41, 5.74) is 4.12. The van der Waals surface area contributed by atoms with Gasteiger partial charge in [-0.05, 0) is 57.7 Å². The smallest absolute Gasteiger partial charge is 0.0629 e. The van der Waals surface area contributed by atoms with Crippen LogP contribution < -0.4 is 5.32 Å². The topological polar surface area (TPSA) is 29.9 Å². The Hall–Kier alpha value is -0.830. The zero-order chi connectivity index (χ0) is 15.2. The molecule has 21 heavy (non-hydrogen) atoms. The summed E-state index contributed by atoms with van der Waals surface area (Å²) in [4.78, 5) is 0. The van der Waals surface area contributed by atoms with E-state index in [1.54, 1.807) is 0 Å². The van der Waals surface area contributed by atoms with Crippen molar-refractivity contribution < 1.29 is 0 Å². The molecule has 1 heterocycles. The molecule has 0 bridgehead atoms. The second-order valence-electron chi connectivity index (χ2n) is 7.09. The van der Waals surface area contributed by atoms with Gasteiger partial charge in [0.05, 0.1) is 11.7 Å². The van der Waals surface area contributed by atoms with Crippen LogP contribution in [0.15, 0.2) is 0 Å². The van der Waals surface area contributed by atoms with Crippen LogP contribution in [0.1, 0.15) is 75.4 Å². The Bertz CT molecular complexity index is 426. The first-order valence-corrected chi connectivity index (χ1v) is 8.85. The van der Waals surface area contributed by atoms with E-state index >= 15 is 0 Å². The third kappa shape index (κ3) is 4.57. The predicted octanol–water partition coefficient (Wildman–Crippen LogP) is 4.18. The van der Waals surface area contributed by atoms with Gasteiger partial charge >= 0.3 is 0 Å². The molecule has 0 aliphatic heterocycles. The van der Waals surface area contributed by atoms with E-state index in [1.807, 2.05) is 0 Å². The van der Waals surface area contributed by atoms with Crippen molar-refractivity contribution in [3.63, 3.8) is 0 Å². The lowest BCUT2D eigenvalue weighted by Crippen LogP contribution is -2.22. The molecule has 1 aromatic rings. The lowest BCUT2D eigenvalue weighted by molar-refractivity contribution is 0.396. The number of aryl methyl sites for hydroxylation is 1. The van der Waals surface area contributed by atoms with Crippen molar-refractivity contribution in [3.8, 4) is 0 Å². The quantitative estimate of drug-likeness (QED) is 0.629. The summed E-state index contributed by atoms with van der Waals surface area (Å²) in [7, 11) is 0. The molecule has 3 heteroatoms. The zero-order valence-corrected chi connectivity index (χ0v) is 14.4. The van der Waals surface area contributed by atoms with Crippen molar-refractivity contribution in [2.24, 2.45) is 5.92 Å². The molecule has 0 amide bonds. The highest BCUT2D eigenvalue weighted by molar-refractivity contribution is 5.25. The summed E-state index contributed by atoms with van der Waals surface area (Å²) < 4.78 is 2.35. The van der Waals surface area contributed by atoms with E-state index in [0.29, 0.717) is 6.04 Å². The maximum Gasteiger partial charge on any atom is 0.0629 e. The van der Waals surface area contributed by atoms with Crippen molar-refractivity contribution in [2.45, 2.75) is 78.7 Å². The van der Waals surface area contributed by atoms with Crippen LogP contribution in [0, 0.1) is 19.8 Å². The number of hydrogen-bond acceptors (Lipinski definition) is 2. The summed E-state index contributed by atoms with van der Waals surface area (Å²) in [6.45, 7) is 11.1. The molecule has 1 aliphatic carbocycles. The van der Waals surface area contributed by atoms with E-state index < -0.39 is 0 Å². The van der Waals surface area contributed by atoms with Crippen LogP contribution in [0.3, 0.4) is 0 Å². The summed E-state index contributed by atoms with van der Waals surface area (Å²) in [5, 5.41) is 8.43. The molecule has 3 nitrogen and oxygen atoms in total. The largest absolute Gasteiger partial charge is 0.316 e. The Kier molecular flexibility index (Phi) is 6.28. The minimum atomic E-state index is 0.642.